The van der Waals surface area contributed by atoms with Crippen molar-refractivity contribution in [1.82, 2.24) is 0 Å². The molecule has 0 aliphatic heterocycles. The second kappa shape index (κ2) is 5.87. The highest BCUT2D eigenvalue weighted by Gasteiger charge is 2.18. The van der Waals surface area contributed by atoms with E-state index in [1.54, 1.807) is 32.9 Å². The number of hydrogen-bond acceptors (Lipinski definition) is 4. The lowest BCUT2D eigenvalue weighted by molar-refractivity contribution is -0.158. The van der Waals surface area contributed by atoms with E-state index >= 15 is 0 Å². The van der Waals surface area contributed by atoms with Gasteiger partial charge < -0.3 is 9.47 Å². The van der Waals surface area contributed by atoms with Crippen LogP contribution >= 0.6 is 0 Å². The molecular weight excluding hydrogens is 244 g/mol. The topological polar surface area (TPSA) is 52.6 Å². The van der Waals surface area contributed by atoms with Crippen LogP contribution in [-0.4, -0.2) is 24.1 Å². The van der Waals surface area contributed by atoms with Crippen LogP contribution < -0.4 is 0 Å². The van der Waals surface area contributed by atoms with Gasteiger partial charge in [-0.15, -0.1) is 0 Å². The van der Waals surface area contributed by atoms with Crippen molar-refractivity contribution in [1.29, 1.82) is 0 Å². The first-order valence-electron chi connectivity index (χ1n) is 6.16. The first kappa shape index (κ1) is 15.2. The molecule has 4 nitrogen and oxygen atoms in total. The largest absolute Gasteiger partial charge is 0.457 e. The van der Waals surface area contributed by atoms with E-state index in [-0.39, 0.29) is 6.61 Å². The van der Waals surface area contributed by atoms with Gasteiger partial charge in [-0.05, 0) is 51.8 Å². The highest BCUT2D eigenvalue weighted by Crippen LogP contribution is 2.14. The van der Waals surface area contributed by atoms with Gasteiger partial charge in [-0.3, -0.25) is 0 Å². The fourth-order valence-corrected chi connectivity index (χ4v) is 1.55. The Hall–Kier alpha value is -1.84. The summed E-state index contributed by atoms with van der Waals surface area (Å²) in [5.74, 6) is -1.06. The third kappa shape index (κ3) is 4.73. The van der Waals surface area contributed by atoms with E-state index in [1.807, 2.05) is 19.9 Å². The minimum atomic E-state index is -0.581. The molecule has 19 heavy (non-hydrogen) atoms. The highest BCUT2D eigenvalue weighted by molar-refractivity contribution is 5.92. The molecule has 1 aromatic carbocycles. The molecule has 0 heterocycles. The van der Waals surface area contributed by atoms with Crippen LogP contribution in [0.1, 0.15) is 42.3 Å². The molecule has 0 fully saturated rings. The van der Waals surface area contributed by atoms with Crippen molar-refractivity contribution in [2.24, 2.45) is 0 Å². The molecule has 0 N–H and O–H groups in total. The average Bonchev–Trinajstić information content (AvgIpc) is 2.27. The van der Waals surface area contributed by atoms with Crippen LogP contribution in [0, 0.1) is 13.8 Å². The third-order valence-corrected chi connectivity index (χ3v) is 2.57. The second-order valence-corrected chi connectivity index (χ2v) is 5.41. The van der Waals surface area contributed by atoms with Crippen LogP contribution in [0.5, 0.6) is 0 Å². The maximum absolute atomic E-state index is 11.9. The van der Waals surface area contributed by atoms with E-state index in [9.17, 15) is 9.59 Å². The molecule has 4 heteroatoms. The van der Waals surface area contributed by atoms with Gasteiger partial charge in [-0.1, -0.05) is 12.1 Å². The van der Waals surface area contributed by atoms with E-state index in [1.165, 1.54) is 0 Å². The van der Waals surface area contributed by atoms with Crippen LogP contribution in [0.25, 0.3) is 0 Å². The van der Waals surface area contributed by atoms with Gasteiger partial charge in [0.25, 0.3) is 0 Å². The Balaban J connectivity index is 2.61. The number of hydrogen-bond donors (Lipinski definition) is 0. The van der Waals surface area contributed by atoms with E-state index in [0.29, 0.717) is 5.56 Å². The van der Waals surface area contributed by atoms with Gasteiger partial charge in [0.1, 0.15) is 5.60 Å². The fourth-order valence-electron chi connectivity index (χ4n) is 1.55. The molecule has 104 valence electrons. The Morgan fingerprint density at radius 2 is 1.79 bits per heavy atom. The first-order valence-corrected chi connectivity index (χ1v) is 6.16. The number of benzene rings is 1. The van der Waals surface area contributed by atoms with Crippen molar-refractivity contribution in [3.05, 3.63) is 34.9 Å². The maximum atomic E-state index is 11.9. The summed E-state index contributed by atoms with van der Waals surface area (Å²) >= 11 is 0. The standard InChI is InChI=1S/C15H20O4/c1-10-7-6-8-12(11(10)2)14(17)18-9-13(16)19-15(3,4)5/h6-8H,9H2,1-5H3. The lowest BCUT2D eigenvalue weighted by Gasteiger charge is -2.19. The summed E-state index contributed by atoms with van der Waals surface area (Å²) in [7, 11) is 0. The fraction of sp³-hybridized carbons (Fsp3) is 0.467. The Labute approximate surface area is 113 Å². The van der Waals surface area contributed by atoms with Crippen LogP contribution in [0.4, 0.5) is 0 Å². The van der Waals surface area contributed by atoms with Gasteiger partial charge in [0, 0.05) is 0 Å². The zero-order valence-electron chi connectivity index (χ0n) is 12.1. The van der Waals surface area contributed by atoms with Crippen LogP contribution in [0.2, 0.25) is 0 Å². The summed E-state index contributed by atoms with van der Waals surface area (Å²) in [6, 6.07) is 5.38. The summed E-state index contributed by atoms with van der Waals surface area (Å²) in [6.45, 7) is 8.68. The van der Waals surface area contributed by atoms with Crippen molar-refractivity contribution < 1.29 is 19.1 Å². The van der Waals surface area contributed by atoms with Crippen molar-refractivity contribution >= 4 is 11.9 Å². The van der Waals surface area contributed by atoms with Crippen LogP contribution in [-0.2, 0) is 14.3 Å². The van der Waals surface area contributed by atoms with Gasteiger partial charge in [-0.25, -0.2) is 9.59 Å². The predicted octanol–water partition coefficient (Wildman–Crippen LogP) is 2.80. The van der Waals surface area contributed by atoms with Gasteiger partial charge in [0.15, 0.2) is 6.61 Å². The van der Waals surface area contributed by atoms with Gasteiger partial charge >= 0.3 is 11.9 Å². The Kier molecular flexibility index (Phi) is 4.70. The minimum Gasteiger partial charge on any atom is -0.457 e. The smallest absolute Gasteiger partial charge is 0.344 e. The second-order valence-electron chi connectivity index (χ2n) is 5.41. The van der Waals surface area contributed by atoms with E-state index < -0.39 is 17.5 Å². The van der Waals surface area contributed by atoms with E-state index in [0.717, 1.165) is 11.1 Å². The van der Waals surface area contributed by atoms with Crippen molar-refractivity contribution in [2.75, 3.05) is 6.61 Å². The summed E-state index contributed by atoms with van der Waals surface area (Å²) in [6.07, 6.45) is 0. The molecule has 0 aromatic heterocycles. The highest BCUT2D eigenvalue weighted by atomic mass is 16.6. The molecule has 0 aliphatic rings. The van der Waals surface area contributed by atoms with Crippen LogP contribution in [0.3, 0.4) is 0 Å². The number of carbonyl (C=O) groups excluding carboxylic acids is 2. The monoisotopic (exact) mass is 264 g/mol. The molecule has 0 aliphatic carbocycles. The Morgan fingerprint density at radius 1 is 1.16 bits per heavy atom. The molecule has 0 amide bonds. The normalized spacial score (nSPS) is 11.0. The maximum Gasteiger partial charge on any atom is 0.344 e. The van der Waals surface area contributed by atoms with Crippen molar-refractivity contribution in [3.8, 4) is 0 Å². The number of carbonyl (C=O) groups is 2. The lowest BCUT2D eigenvalue weighted by Crippen LogP contribution is -2.27. The third-order valence-electron chi connectivity index (χ3n) is 2.57. The summed E-state index contributed by atoms with van der Waals surface area (Å²) < 4.78 is 10.0. The van der Waals surface area contributed by atoms with Crippen molar-refractivity contribution in [2.45, 2.75) is 40.2 Å². The number of rotatable bonds is 3. The quantitative estimate of drug-likeness (QED) is 0.788. The van der Waals surface area contributed by atoms with E-state index in [4.69, 9.17) is 9.47 Å². The SMILES string of the molecule is Cc1cccc(C(=O)OCC(=O)OC(C)(C)C)c1C. The average molecular weight is 264 g/mol. The number of esters is 2. The summed E-state index contributed by atoms with van der Waals surface area (Å²) in [5, 5.41) is 0. The molecular formula is C15H20O4. The molecule has 0 spiro atoms. The molecule has 0 radical (unpaired) electrons. The van der Waals surface area contributed by atoms with Gasteiger partial charge in [0.2, 0.25) is 0 Å². The Bertz CT molecular complexity index is 483. The Morgan fingerprint density at radius 3 is 2.37 bits per heavy atom. The van der Waals surface area contributed by atoms with Crippen LogP contribution in [0.15, 0.2) is 18.2 Å². The molecule has 0 saturated carbocycles. The number of aryl methyl sites for hydroxylation is 1. The molecule has 0 atom stereocenters. The lowest BCUT2D eigenvalue weighted by atomic mass is 10.0. The summed E-state index contributed by atoms with van der Waals surface area (Å²) in [5.41, 5.74) is 1.76. The van der Waals surface area contributed by atoms with Gasteiger partial charge in [-0.2, -0.15) is 0 Å². The first-order chi connectivity index (χ1) is 8.70. The minimum absolute atomic E-state index is 0.372. The molecule has 1 rings (SSSR count). The van der Waals surface area contributed by atoms with E-state index in [2.05, 4.69) is 0 Å². The molecule has 0 unspecified atom stereocenters. The van der Waals surface area contributed by atoms with Crippen molar-refractivity contribution in [3.63, 3.8) is 0 Å². The molecule has 1 aromatic rings. The zero-order valence-corrected chi connectivity index (χ0v) is 12.1. The molecule has 0 bridgehead atoms. The summed E-state index contributed by atoms with van der Waals surface area (Å²) in [4.78, 5) is 23.3. The molecule has 0 saturated heterocycles. The number of ether oxygens (including phenoxy) is 2. The van der Waals surface area contributed by atoms with Gasteiger partial charge in [0.05, 0.1) is 5.56 Å². The predicted molar refractivity (Wildman–Crippen MR) is 72.0 cm³/mol. The zero-order chi connectivity index (χ0) is 14.6.